The molecule has 1 aliphatic carbocycles. The highest BCUT2D eigenvalue weighted by Gasteiger charge is 2.41. The van der Waals surface area contributed by atoms with Gasteiger partial charge >= 0.3 is 0 Å². The van der Waals surface area contributed by atoms with Gasteiger partial charge in [0.15, 0.2) is 0 Å². The van der Waals surface area contributed by atoms with E-state index in [4.69, 9.17) is 21.1 Å². The van der Waals surface area contributed by atoms with E-state index in [1.54, 1.807) is 13.2 Å². The molecule has 88 valence electrons. The normalized spacial score (nSPS) is 28.6. The number of alkyl halides is 1. The smallest absolute Gasteiger partial charge is 0.142 e. The Bertz CT molecular complexity index is 388. The molecule has 16 heavy (non-hydrogen) atoms. The fourth-order valence-corrected chi connectivity index (χ4v) is 2.76. The van der Waals surface area contributed by atoms with Crippen molar-refractivity contribution in [2.24, 2.45) is 0 Å². The van der Waals surface area contributed by atoms with Crippen LogP contribution in [0.2, 0.25) is 5.02 Å². The van der Waals surface area contributed by atoms with Crippen molar-refractivity contribution in [1.29, 1.82) is 0 Å². The van der Waals surface area contributed by atoms with Gasteiger partial charge in [-0.05, 0) is 12.1 Å². The third-order valence-corrected chi connectivity index (χ3v) is 3.82. The molecule has 0 aromatic heterocycles. The number of ether oxygens (including phenoxy) is 2. The first-order valence-corrected chi connectivity index (χ1v) is 6.19. The zero-order valence-corrected chi connectivity index (χ0v) is 11.0. The average Bonchev–Trinajstić information content (AvgIpc) is 2.23. The van der Waals surface area contributed by atoms with Gasteiger partial charge in [0.2, 0.25) is 0 Å². The molecule has 3 unspecified atom stereocenters. The molecule has 0 N–H and O–H groups in total. The zero-order valence-electron chi connectivity index (χ0n) is 8.62. The molecule has 0 saturated heterocycles. The second-order valence-electron chi connectivity index (χ2n) is 3.68. The summed E-state index contributed by atoms with van der Waals surface area (Å²) in [7, 11) is 1.64. The highest BCUT2D eigenvalue weighted by molar-refractivity contribution is 9.09. The number of rotatable bonds is 3. The van der Waals surface area contributed by atoms with E-state index >= 15 is 0 Å². The Morgan fingerprint density at radius 3 is 2.81 bits per heavy atom. The van der Waals surface area contributed by atoms with Crippen LogP contribution in [0.1, 0.15) is 6.42 Å². The van der Waals surface area contributed by atoms with Crippen molar-refractivity contribution in [2.45, 2.75) is 23.5 Å². The summed E-state index contributed by atoms with van der Waals surface area (Å²) in [4.78, 5) is 0.318. The van der Waals surface area contributed by atoms with Crippen molar-refractivity contribution in [3.05, 3.63) is 29.0 Å². The van der Waals surface area contributed by atoms with Gasteiger partial charge in [-0.3, -0.25) is 0 Å². The lowest BCUT2D eigenvalue weighted by molar-refractivity contribution is -0.0545. The van der Waals surface area contributed by atoms with Gasteiger partial charge in [-0.2, -0.15) is 0 Å². The Kier molecular flexibility index (Phi) is 3.72. The lowest BCUT2D eigenvalue weighted by Crippen LogP contribution is -2.51. The highest BCUT2D eigenvalue weighted by Crippen LogP contribution is 2.34. The number of halogens is 3. The Labute approximate surface area is 107 Å². The fraction of sp³-hybridized carbons (Fsp3) is 0.455. The van der Waals surface area contributed by atoms with E-state index in [0.717, 1.165) is 6.42 Å². The van der Waals surface area contributed by atoms with E-state index in [1.807, 2.05) is 0 Å². The number of methoxy groups -OCH3 is 1. The van der Waals surface area contributed by atoms with Crippen LogP contribution in [0.5, 0.6) is 5.75 Å². The monoisotopic (exact) mass is 308 g/mol. The van der Waals surface area contributed by atoms with E-state index < -0.39 is 5.82 Å². The zero-order chi connectivity index (χ0) is 11.7. The molecule has 1 fully saturated rings. The molecule has 0 aliphatic heterocycles. The minimum absolute atomic E-state index is 0.00379. The van der Waals surface area contributed by atoms with Crippen molar-refractivity contribution in [3.63, 3.8) is 0 Å². The van der Waals surface area contributed by atoms with E-state index in [0.29, 0.717) is 10.6 Å². The van der Waals surface area contributed by atoms with Gasteiger partial charge in [0, 0.05) is 24.4 Å². The molecule has 1 aromatic rings. The van der Waals surface area contributed by atoms with Crippen LogP contribution in [-0.4, -0.2) is 24.1 Å². The maximum Gasteiger partial charge on any atom is 0.142 e. The molecular weight excluding hydrogens is 298 g/mol. The van der Waals surface area contributed by atoms with E-state index in [2.05, 4.69) is 15.9 Å². The largest absolute Gasteiger partial charge is 0.488 e. The van der Waals surface area contributed by atoms with Gasteiger partial charge in [-0.15, -0.1) is 0 Å². The number of hydrogen-bond acceptors (Lipinski definition) is 2. The maximum atomic E-state index is 12.9. The van der Waals surface area contributed by atoms with Gasteiger partial charge in [0.05, 0.1) is 5.02 Å². The van der Waals surface area contributed by atoms with Crippen LogP contribution in [0.25, 0.3) is 0 Å². The summed E-state index contributed by atoms with van der Waals surface area (Å²) in [5, 5.41) is 0.0705. The molecule has 3 atom stereocenters. The maximum absolute atomic E-state index is 12.9. The average molecular weight is 310 g/mol. The summed E-state index contributed by atoms with van der Waals surface area (Å²) in [6.07, 6.45) is 0.896. The molecule has 0 spiro atoms. The van der Waals surface area contributed by atoms with Crippen molar-refractivity contribution in [2.75, 3.05) is 7.11 Å². The fourth-order valence-electron chi connectivity index (χ4n) is 1.67. The van der Waals surface area contributed by atoms with Gasteiger partial charge in [0.1, 0.15) is 23.8 Å². The minimum Gasteiger partial charge on any atom is -0.488 e. The molecule has 0 radical (unpaired) electrons. The van der Waals surface area contributed by atoms with Gasteiger partial charge < -0.3 is 9.47 Å². The molecule has 1 aliphatic rings. The van der Waals surface area contributed by atoms with Crippen molar-refractivity contribution < 1.29 is 13.9 Å². The highest BCUT2D eigenvalue weighted by atomic mass is 79.9. The van der Waals surface area contributed by atoms with Crippen molar-refractivity contribution in [1.82, 2.24) is 0 Å². The summed E-state index contributed by atoms with van der Waals surface area (Å²) in [6, 6.07) is 4.34. The van der Waals surface area contributed by atoms with Crippen molar-refractivity contribution in [3.8, 4) is 5.75 Å². The SMILES string of the molecule is COC1C(Br)CC1Oc1ccc(F)c(Cl)c1. The summed E-state index contributed by atoms with van der Waals surface area (Å²) in [5.41, 5.74) is 0. The minimum atomic E-state index is -0.440. The summed E-state index contributed by atoms with van der Waals surface area (Å²) in [5.74, 6) is 0.127. The first kappa shape index (κ1) is 12.1. The van der Waals surface area contributed by atoms with Crippen molar-refractivity contribution >= 4 is 27.5 Å². The standard InChI is InChI=1S/C11H11BrClFO2/c1-15-11-7(12)5-10(11)16-6-2-3-9(14)8(13)4-6/h2-4,7,10-11H,5H2,1H3. The molecule has 0 bridgehead atoms. The van der Waals surface area contributed by atoms with Crippen LogP contribution in [0.4, 0.5) is 4.39 Å². The topological polar surface area (TPSA) is 18.5 Å². The summed E-state index contributed by atoms with van der Waals surface area (Å²) >= 11 is 9.14. The predicted molar refractivity (Wildman–Crippen MR) is 64.0 cm³/mol. The Balaban J connectivity index is 2.02. The Hall–Kier alpha value is -0.320. The van der Waals surface area contributed by atoms with Crippen LogP contribution in [0, 0.1) is 5.82 Å². The molecule has 1 aromatic carbocycles. The quantitative estimate of drug-likeness (QED) is 0.797. The second kappa shape index (κ2) is 4.90. The molecule has 2 nitrogen and oxygen atoms in total. The predicted octanol–water partition coefficient (Wildman–Crippen LogP) is 3.41. The first-order valence-electron chi connectivity index (χ1n) is 4.90. The van der Waals surface area contributed by atoms with Gasteiger partial charge in [-0.1, -0.05) is 27.5 Å². The van der Waals surface area contributed by atoms with Crippen LogP contribution in [0.3, 0.4) is 0 Å². The third kappa shape index (κ3) is 2.34. The molecule has 0 heterocycles. The molecule has 2 rings (SSSR count). The number of benzene rings is 1. The summed E-state index contributed by atoms with van der Waals surface area (Å²) in [6.45, 7) is 0. The van der Waals surface area contributed by atoms with Crippen LogP contribution < -0.4 is 4.74 Å². The Morgan fingerprint density at radius 1 is 1.50 bits per heavy atom. The van der Waals surface area contributed by atoms with E-state index in [1.165, 1.54) is 12.1 Å². The lowest BCUT2D eigenvalue weighted by Gasteiger charge is -2.40. The molecule has 1 saturated carbocycles. The van der Waals surface area contributed by atoms with Crippen LogP contribution >= 0.6 is 27.5 Å². The molecule has 0 amide bonds. The van der Waals surface area contributed by atoms with Gasteiger partial charge in [0.25, 0.3) is 0 Å². The van der Waals surface area contributed by atoms with Crippen LogP contribution in [-0.2, 0) is 4.74 Å². The van der Waals surface area contributed by atoms with E-state index in [9.17, 15) is 4.39 Å². The van der Waals surface area contributed by atoms with Gasteiger partial charge in [-0.25, -0.2) is 4.39 Å². The first-order chi connectivity index (χ1) is 7.61. The molecule has 5 heteroatoms. The number of hydrogen-bond donors (Lipinski definition) is 0. The van der Waals surface area contributed by atoms with E-state index in [-0.39, 0.29) is 17.2 Å². The second-order valence-corrected chi connectivity index (χ2v) is 5.27. The molecular formula is C11H11BrClFO2. The summed E-state index contributed by atoms with van der Waals surface area (Å²) < 4.78 is 23.8. The van der Waals surface area contributed by atoms with Crippen LogP contribution in [0.15, 0.2) is 18.2 Å². The third-order valence-electron chi connectivity index (χ3n) is 2.63. The Morgan fingerprint density at radius 2 is 2.25 bits per heavy atom. The lowest BCUT2D eigenvalue weighted by atomic mass is 9.91.